The standard InChI is InChI=1S/C11H20BrNO4/c1-16-11(15)10(12)8-13-4-2-9(3-5-13)17-7-6-14/h9-10,14H,2-8H2,1H3. The molecule has 0 radical (unpaired) electrons. The Morgan fingerprint density at radius 2 is 2.18 bits per heavy atom. The second kappa shape index (κ2) is 8.02. The highest BCUT2D eigenvalue weighted by Crippen LogP contribution is 2.15. The van der Waals surface area contributed by atoms with E-state index in [0.29, 0.717) is 13.2 Å². The van der Waals surface area contributed by atoms with Crippen LogP contribution in [0.3, 0.4) is 0 Å². The first kappa shape index (κ1) is 14.9. The van der Waals surface area contributed by atoms with E-state index in [9.17, 15) is 4.79 Å². The van der Waals surface area contributed by atoms with Gasteiger partial charge >= 0.3 is 5.97 Å². The molecular weight excluding hydrogens is 290 g/mol. The fourth-order valence-electron chi connectivity index (χ4n) is 1.91. The molecule has 6 heteroatoms. The maximum absolute atomic E-state index is 11.2. The molecule has 0 amide bonds. The zero-order valence-electron chi connectivity index (χ0n) is 10.1. The van der Waals surface area contributed by atoms with Crippen molar-refractivity contribution >= 4 is 21.9 Å². The molecule has 1 atom stereocenters. The average molecular weight is 310 g/mol. The van der Waals surface area contributed by atoms with E-state index in [1.54, 1.807) is 0 Å². The normalized spacial score (nSPS) is 20.2. The van der Waals surface area contributed by atoms with Crippen molar-refractivity contribution in [2.24, 2.45) is 0 Å². The number of ether oxygens (including phenoxy) is 2. The molecule has 1 saturated heterocycles. The van der Waals surface area contributed by atoms with Gasteiger partial charge in [-0.2, -0.15) is 0 Å². The smallest absolute Gasteiger partial charge is 0.320 e. The van der Waals surface area contributed by atoms with Gasteiger partial charge in [0.15, 0.2) is 0 Å². The molecule has 0 saturated carbocycles. The van der Waals surface area contributed by atoms with Gasteiger partial charge in [-0.05, 0) is 12.8 Å². The number of hydrogen-bond acceptors (Lipinski definition) is 5. The molecule has 1 N–H and O–H groups in total. The van der Waals surface area contributed by atoms with E-state index in [2.05, 4.69) is 25.6 Å². The topological polar surface area (TPSA) is 59.0 Å². The van der Waals surface area contributed by atoms with Crippen LogP contribution in [0.25, 0.3) is 0 Å². The van der Waals surface area contributed by atoms with Crippen LogP contribution in [0.4, 0.5) is 0 Å². The number of esters is 1. The molecule has 1 fully saturated rings. The molecule has 1 rings (SSSR count). The minimum absolute atomic E-state index is 0.0754. The molecule has 1 aliphatic rings. The maximum atomic E-state index is 11.2. The Labute approximate surface area is 110 Å². The Kier molecular flexibility index (Phi) is 7.03. The van der Waals surface area contributed by atoms with Crippen LogP contribution in [-0.2, 0) is 14.3 Å². The summed E-state index contributed by atoms with van der Waals surface area (Å²) >= 11 is 3.32. The number of likely N-dealkylation sites (tertiary alicyclic amines) is 1. The number of aliphatic hydroxyl groups is 1. The van der Waals surface area contributed by atoms with E-state index in [1.165, 1.54) is 7.11 Å². The lowest BCUT2D eigenvalue weighted by molar-refractivity contribution is -0.140. The van der Waals surface area contributed by atoms with Gasteiger partial charge in [0.05, 0.1) is 26.4 Å². The fourth-order valence-corrected chi connectivity index (χ4v) is 2.50. The number of nitrogens with zero attached hydrogens (tertiary/aromatic N) is 1. The van der Waals surface area contributed by atoms with Gasteiger partial charge in [-0.3, -0.25) is 4.79 Å². The van der Waals surface area contributed by atoms with Crippen molar-refractivity contribution in [1.29, 1.82) is 0 Å². The maximum Gasteiger partial charge on any atom is 0.320 e. The average Bonchev–Trinajstić information content (AvgIpc) is 2.37. The highest BCUT2D eigenvalue weighted by molar-refractivity contribution is 9.10. The number of carbonyl (C=O) groups excluding carboxylic acids is 1. The monoisotopic (exact) mass is 309 g/mol. The van der Waals surface area contributed by atoms with E-state index >= 15 is 0 Å². The van der Waals surface area contributed by atoms with E-state index < -0.39 is 0 Å². The molecular formula is C11H20BrNO4. The molecule has 5 nitrogen and oxygen atoms in total. The molecule has 0 aliphatic carbocycles. The van der Waals surface area contributed by atoms with Crippen molar-refractivity contribution in [3.05, 3.63) is 0 Å². The van der Waals surface area contributed by atoms with Crippen molar-refractivity contribution in [2.75, 3.05) is 40.0 Å². The Morgan fingerprint density at radius 1 is 1.53 bits per heavy atom. The SMILES string of the molecule is COC(=O)C(Br)CN1CCC(OCCO)CC1. The predicted molar refractivity (Wildman–Crippen MR) is 67.2 cm³/mol. The number of halogens is 1. The van der Waals surface area contributed by atoms with Crippen molar-refractivity contribution in [2.45, 2.75) is 23.8 Å². The third-order valence-electron chi connectivity index (χ3n) is 2.85. The zero-order chi connectivity index (χ0) is 12.7. The zero-order valence-corrected chi connectivity index (χ0v) is 11.7. The molecule has 0 aromatic carbocycles. The third kappa shape index (κ3) is 5.33. The van der Waals surface area contributed by atoms with Crippen molar-refractivity contribution in [3.63, 3.8) is 0 Å². The van der Waals surface area contributed by atoms with Gasteiger partial charge in [0.1, 0.15) is 4.83 Å². The van der Waals surface area contributed by atoms with Gasteiger partial charge in [0.25, 0.3) is 0 Å². The minimum Gasteiger partial charge on any atom is -0.468 e. The predicted octanol–water partition coefficient (Wildman–Crippen LogP) is 0.396. The number of piperidine rings is 1. The summed E-state index contributed by atoms with van der Waals surface area (Å²) in [5.74, 6) is -0.233. The van der Waals surface area contributed by atoms with E-state index in [0.717, 1.165) is 25.9 Å². The Hall–Kier alpha value is -0.170. The molecule has 0 aromatic heterocycles. The lowest BCUT2D eigenvalue weighted by atomic mass is 10.1. The highest BCUT2D eigenvalue weighted by atomic mass is 79.9. The van der Waals surface area contributed by atoms with Crippen LogP contribution in [0.1, 0.15) is 12.8 Å². The lowest BCUT2D eigenvalue weighted by Gasteiger charge is -2.32. The molecule has 100 valence electrons. The molecule has 0 spiro atoms. The highest BCUT2D eigenvalue weighted by Gasteiger charge is 2.24. The second-order valence-electron chi connectivity index (χ2n) is 4.09. The van der Waals surface area contributed by atoms with Crippen LogP contribution >= 0.6 is 15.9 Å². The third-order valence-corrected chi connectivity index (χ3v) is 3.52. The van der Waals surface area contributed by atoms with Crippen LogP contribution in [0.15, 0.2) is 0 Å². The molecule has 0 bridgehead atoms. The first-order chi connectivity index (χ1) is 8.17. The summed E-state index contributed by atoms with van der Waals surface area (Å²) in [6.07, 6.45) is 2.13. The van der Waals surface area contributed by atoms with Gasteiger partial charge in [-0.15, -0.1) is 0 Å². The van der Waals surface area contributed by atoms with Crippen LogP contribution < -0.4 is 0 Å². The lowest BCUT2D eigenvalue weighted by Crippen LogP contribution is -2.41. The largest absolute Gasteiger partial charge is 0.468 e. The quantitative estimate of drug-likeness (QED) is 0.568. The van der Waals surface area contributed by atoms with Crippen LogP contribution in [0.2, 0.25) is 0 Å². The first-order valence-electron chi connectivity index (χ1n) is 5.84. The molecule has 1 unspecified atom stereocenters. The summed E-state index contributed by atoms with van der Waals surface area (Å²) in [4.78, 5) is 13.2. The van der Waals surface area contributed by atoms with Gasteiger partial charge in [-0.1, -0.05) is 15.9 Å². The summed E-state index contributed by atoms with van der Waals surface area (Å²) in [6, 6.07) is 0. The summed E-state index contributed by atoms with van der Waals surface area (Å²) in [5.41, 5.74) is 0. The summed E-state index contributed by atoms with van der Waals surface area (Å²) < 4.78 is 10.1. The number of hydrogen-bond donors (Lipinski definition) is 1. The fraction of sp³-hybridized carbons (Fsp3) is 0.909. The first-order valence-corrected chi connectivity index (χ1v) is 6.75. The van der Waals surface area contributed by atoms with Crippen LogP contribution in [0.5, 0.6) is 0 Å². The van der Waals surface area contributed by atoms with Crippen molar-refractivity contribution in [3.8, 4) is 0 Å². The van der Waals surface area contributed by atoms with Gasteiger partial charge in [0.2, 0.25) is 0 Å². The van der Waals surface area contributed by atoms with E-state index in [4.69, 9.17) is 9.84 Å². The molecule has 17 heavy (non-hydrogen) atoms. The number of methoxy groups -OCH3 is 1. The summed E-state index contributed by atoms with van der Waals surface area (Å²) in [5, 5.41) is 8.66. The minimum atomic E-state index is -0.262. The molecule has 0 aromatic rings. The summed E-state index contributed by atoms with van der Waals surface area (Å²) in [6.45, 7) is 2.98. The number of aliphatic hydroxyl groups excluding tert-OH is 1. The Bertz CT molecular complexity index is 232. The van der Waals surface area contributed by atoms with Gasteiger partial charge in [-0.25, -0.2) is 0 Å². The van der Waals surface area contributed by atoms with Crippen LogP contribution in [0, 0.1) is 0 Å². The molecule has 1 aliphatic heterocycles. The number of carbonyl (C=O) groups is 1. The van der Waals surface area contributed by atoms with Gasteiger partial charge < -0.3 is 19.5 Å². The van der Waals surface area contributed by atoms with Crippen molar-refractivity contribution in [1.82, 2.24) is 4.90 Å². The Morgan fingerprint density at radius 3 is 2.71 bits per heavy atom. The summed E-state index contributed by atoms with van der Waals surface area (Å²) in [7, 11) is 1.39. The van der Waals surface area contributed by atoms with Crippen molar-refractivity contribution < 1.29 is 19.4 Å². The molecule has 1 heterocycles. The number of alkyl halides is 1. The number of rotatable bonds is 6. The Balaban J connectivity index is 2.20. The van der Waals surface area contributed by atoms with Crippen LogP contribution in [-0.4, -0.2) is 66.9 Å². The van der Waals surface area contributed by atoms with E-state index in [1.807, 2.05) is 0 Å². The van der Waals surface area contributed by atoms with Gasteiger partial charge in [0, 0.05) is 19.6 Å². The van der Waals surface area contributed by atoms with E-state index in [-0.39, 0.29) is 23.5 Å². The second-order valence-corrected chi connectivity index (χ2v) is 5.19.